The Labute approximate surface area is 412 Å². The molecule has 70 heavy (non-hydrogen) atoms. The molecule has 0 fully saturated rings. The Bertz CT molecular complexity index is 3630. The third-order valence-corrected chi connectivity index (χ3v) is 13.0. The van der Waals surface area contributed by atoms with Crippen LogP contribution in [0.2, 0.25) is 0 Å². The van der Waals surface area contributed by atoms with E-state index in [0.29, 0.717) is 0 Å². The molecule has 0 amide bonds. The maximum Gasteiger partial charge on any atom is 0.0784 e. The molecule has 0 aliphatic carbocycles. The van der Waals surface area contributed by atoms with E-state index in [9.17, 15) is 0 Å². The van der Waals surface area contributed by atoms with Crippen molar-refractivity contribution < 1.29 is 0 Å². The van der Waals surface area contributed by atoms with Crippen molar-refractivity contribution in [2.75, 3.05) is 0 Å². The number of aryl methyl sites for hydroxylation is 1. The summed E-state index contributed by atoms with van der Waals surface area (Å²) in [7, 11) is 0. The highest BCUT2D eigenvalue weighted by atomic mass is 14.8. The van der Waals surface area contributed by atoms with Crippen molar-refractivity contribution in [3.8, 4) is 44.5 Å². The monoisotopic (exact) mass is 895 g/mol. The molecule has 0 spiro atoms. The highest BCUT2D eigenvalue weighted by molar-refractivity contribution is 6.17. The van der Waals surface area contributed by atoms with E-state index in [2.05, 4.69) is 299 Å². The minimum absolute atomic E-state index is 0.924. The van der Waals surface area contributed by atoms with E-state index in [4.69, 9.17) is 4.99 Å². The molecule has 0 radical (unpaired) electrons. The van der Waals surface area contributed by atoms with Crippen LogP contribution < -0.4 is 0 Å². The van der Waals surface area contributed by atoms with Crippen molar-refractivity contribution in [2.24, 2.45) is 4.99 Å². The van der Waals surface area contributed by atoms with Crippen LogP contribution in [-0.2, 0) is 0 Å². The van der Waals surface area contributed by atoms with Gasteiger partial charge in [-0.2, -0.15) is 0 Å². The second-order valence-electron chi connectivity index (χ2n) is 17.5. The van der Waals surface area contributed by atoms with Crippen LogP contribution in [0.15, 0.2) is 290 Å². The number of allylic oxidation sites excluding steroid dienone is 1. The van der Waals surface area contributed by atoms with Crippen LogP contribution in [0.5, 0.6) is 0 Å². The predicted octanol–water partition coefficient (Wildman–Crippen LogP) is 18.6. The van der Waals surface area contributed by atoms with Gasteiger partial charge in [0.2, 0.25) is 0 Å². The minimum atomic E-state index is 0.924. The van der Waals surface area contributed by atoms with Gasteiger partial charge in [-0.1, -0.05) is 279 Å². The molecule has 0 aliphatic rings. The van der Waals surface area contributed by atoms with Crippen LogP contribution in [0.3, 0.4) is 0 Å². The molecule has 0 heterocycles. The minimum Gasteiger partial charge on any atom is -0.247 e. The van der Waals surface area contributed by atoms with Gasteiger partial charge in [-0.05, 0) is 103 Å². The van der Waals surface area contributed by atoms with E-state index in [1.54, 1.807) is 0 Å². The zero-order valence-electron chi connectivity index (χ0n) is 39.6. The first-order valence-electron chi connectivity index (χ1n) is 24.0. The average Bonchev–Trinajstić information content (AvgIpc) is 3.42. The molecule has 0 N–H and O–H groups in total. The molecule has 0 unspecified atom stereocenters. The maximum atomic E-state index is 5.67. The molecule has 10 aromatic carbocycles. The summed E-state index contributed by atoms with van der Waals surface area (Å²) >= 11 is 0. The van der Waals surface area contributed by atoms with E-state index in [-0.39, 0.29) is 0 Å². The molecule has 1 heteroatoms. The summed E-state index contributed by atoms with van der Waals surface area (Å²) in [5.41, 5.74) is 17.6. The SMILES string of the molecule is C/C(=C(\N=C(c1ccc(-c2ccccccc3ccccc3c2-c2ccc3ccccccc(-c4ccccc4)c(-c4ccccc4)c3c2)cc1)c1ccccc1C)c1ccccc1)c1ccccc1. The molecule has 10 aromatic rings. The van der Waals surface area contributed by atoms with Gasteiger partial charge >= 0.3 is 0 Å². The van der Waals surface area contributed by atoms with E-state index >= 15 is 0 Å². The lowest BCUT2D eigenvalue weighted by Crippen LogP contribution is -2.07. The van der Waals surface area contributed by atoms with Crippen molar-refractivity contribution in [3.63, 3.8) is 0 Å². The first kappa shape index (κ1) is 44.9. The Kier molecular flexibility index (Phi) is 13.7. The number of nitrogens with zero attached hydrogens (tertiary/aromatic N) is 1. The maximum absolute atomic E-state index is 5.67. The van der Waals surface area contributed by atoms with Gasteiger partial charge in [0.25, 0.3) is 0 Å². The molecule has 10 rings (SSSR count). The smallest absolute Gasteiger partial charge is 0.0784 e. The number of rotatable bonds is 9. The molecule has 1 nitrogen and oxygen atoms in total. The zero-order valence-corrected chi connectivity index (χ0v) is 39.6. The number of hydrogen-bond donors (Lipinski definition) is 0. The molecule has 0 bridgehead atoms. The van der Waals surface area contributed by atoms with Gasteiger partial charge in [0.1, 0.15) is 0 Å². The van der Waals surface area contributed by atoms with Gasteiger partial charge in [0.15, 0.2) is 0 Å². The first-order valence-corrected chi connectivity index (χ1v) is 24.0. The molecule has 0 saturated carbocycles. The molecule has 0 atom stereocenters. The third-order valence-electron chi connectivity index (χ3n) is 13.0. The topological polar surface area (TPSA) is 12.4 Å². The normalized spacial score (nSPS) is 11.6. The Morgan fingerprint density at radius 3 is 1.36 bits per heavy atom. The second-order valence-corrected chi connectivity index (χ2v) is 17.5. The fourth-order valence-corrected chi connectivity index (χ4v) is 9.43. The lowest BCUT2D eigenvalue weighted by atomic mass is 9.87. The lowest BCUT2D eigenvalue weighted by Gasteiger charge is -2.17. The van der Waals surface area contributed by atoms with E-state index in [1.807, 2.05) is 0 Å². The molecular weight excluding hydrogens is 843 g/mol. The molecule has 0 aromatic heterocycles. The van der Waals surface area contributed by atoms with Crippen molar-refractivity contribution in [2.45, 2.75) is 13.8 Å². The Balaban J connectivity index is 1.24. The highest BCUT2D eigenvalue weighted by Gasteiger charge is 2.18. The number of benzene rings is 8. The fourth-order valence-electron chi connectivity index (χ4n) is 9.43. The average molecular weight is 896 g/mol. The summed E-state index contributed by atoms with van der Waals surface area (Å²) in [6.07, 6.45) is 0. The molecular formula is C69H53N. The molecule has 0 saturated heterocycles. The van der Waals surface area contributed by atoms with Gasteiger partial charge in [0.05, 0.1) is 11.4 Å². The Morgan fingerprint density at radius 1 is 0.314 bits per heavy atom. The van der Waals surface area contributed by atoms with Gasteiger partial charge in [-0.25, -0.2) is 4.99 Å². The summed E-state index contributed by atoms with van der Waals surface area (Å²) in [4.78, 5) is 5.67. The second kappa shape index (κ2) is 21.4. The molecule has 0 aliphatic heterocycles. The van der Waals surface area contributed by atoms with Crippen LogP contribution in [0, 0.1) is 6.92 Å². The number of hydrogen-bond acceptors (Lipinski definition) is 1. The largest absolute Gasteiger partial charge is 0.247 e. The van der Waals surface area contributed by atoms with Crippen molar-refractivity contribution in [3.05, 3.63) is 313 Å². The van der Waals surface area contributed by atoms with Crippen LogP contribution in [0.4, 0.5) is 0 Å². The summed E-state index contributed by atoms with van der Waals surface area (Å²) in [6, 6.07) is 102. The number of fused-ring (bicyclic) bond motifs is 2. The highest BCUT2D eigenvalue weighted by Crippen LogP contribution is 2.42. The van der Waals surface area contributed by atoms with E-state index in [1.165, 1.54) is 5.56 Å². The Morgan fingerprint density at radius 2 is 0.743 bits per heavy atom. The summed E-state index contributed by atoms with van der Waals surface area (Å²) in [5, 5.41) is 4.59. The first-order chi connectivity index (χ1) is 34.6. The Hall–Kier alpha value is -8.91. The predicted molar refractivity (Wildman–Crippen MR) is 301 cm³/mol. The van der Waals surface area contributed by atoms with E-state index < -0.39 is 0 Å². The van der Waals surface area contributed by atoms with Crippen LogP contribution in [0.1, 0.15) is 34.7 Å². The van der Waals surface area contributed by atoms with Crippen molar-refractivity contribution in [1.82, 2.24) is 0 Å². The standard InChI is InChI=1S/C69H53N/c1-50-27-23-25-39-61(50)69(70-68(58-37-19-10-20-38-58)51(2)52-28-13-7-14-29-52)59-46-43-56(44-47-59)64-41-22-5-3-11-30-54-34-24-26-42-63(54)67(64)60-48-45-55-33-12-4-6-21-40-62(53-31-15-8-16-32-53)66(65(55)49-60)57-35-17-9-18-36-57/h3-49H,1-2H3/b5-3?,6-4?,11-3?,12-4?,21-6?,22-5?,30-11?,33-12?,40-21?,41-22?,54-30?,55-33?,62-40?,64-41?,66-62?,66-65?,67-63?,67-64?,68-51+,70-69?. The lowest BCUT2D eigenvalue weighted by molar-refractivity contribution is 1.40. The summed E-state index contributed by atoms with van der Waals surface area (Å²) in [5.74, 6) is 0. The quantitative estimate of drug-likeness (QED) is 0.101. The fraction of sp³-hybridized carbons (Fsp3) is 0.0290. The van der Waals surface area contributed by atoms with Crippen molar-refractivity contribution >= 4 is 38.5 Å². The van der Waals surface area contributed by atoms with Gasteiger partial charge < -0.3 is 0 Å². The van der Waals surface area contributed by atoms with Crippen molar-refractivity contribution in [1.29, 1.82) is 0 Å². The third kappa shape index (κ3) is 9.88. The van der Waals surface area contributed by atoms with Gasteiger partial charge in [0, 0.05) is 16.7 Å². The number of aliphatic imine (C=N–C) groups is 1. The van der Waals surface area contributed by atoms with Crippen LogP contribution >= 0.6 is 0 Å². The summed E-state index contributed by atoms with van der Waals surface area (Å²) < 4.78 is 0. The zero-order chi connectivity index (χ0) is 47.5. The van der Waals surface area contributed by atoms with Crippen LogP contribution in [0.25, 0.3) is 77.3 Å². The van der Waals surface area contributed by atoms with E-state index in [0.717, 1.165) is 105 Å². The summed E-state index contributed by atoms with van der Waals surface area (Å²) in [6.45, 7) is 4.35. The van der Waals surface area contributed by atoms with Gasteiger partial charge in [-0.15, -0.1) is 0 Å². The van der Waals surface area contributed by atoms with Crippen LogP contribution in [-0.4, -0.2) is 5.71 Å². The van der Waals surface area contributed by atoms with Gasteiger partial charge in [-0.3, -0.25) is 0 Å². The molecule has 334 valence electrons.